The molecule has 2 atom stereocenters. The van der Waals surface area contributed by atoms with Crippen LogP contribution in [0.15, 0.2) is 5.70 Å². The summed E-state index contributed by atoms with van der Waals surface area (Å²) in [7, 11) is 3.02. The van der Waals surface area contributed by atoms with Crippen LogP contribution in [0.25, 0.3) is 5.57 Å². The van der Waals surface area contributed by atoms with Crippen molar-refractivity contribution in [2.24, 2.45) is 12.9 Å². The highest BCUT2D eigenvalue weighted by atomic mass is 32.2. The van der Waals surface area contributed by atoms with E-state index in [1.807, 2.05) is 0 Å². The van der Waals surface area contributed by atoms with Crippen molar-refractivity contribution in [3.05, 3.63) is 11.5 Å². The van der Waals surface area contributed by atoms with Crippen LogP contribution in [-0.4, -0.2) is 66.2 Å². The van der Waals surface area contributed by atoms with E-state index < -0.39 is 22.9 Å². The fourth-order valence-corrected chi connectivity index (χ4v) is 4.46. The minimum atomic E-state index is -1.25. The number of nitrogens with two attached hydrogens (primary N) is 1. The number of hydrogen-bond donors (Lipinski definition) is 1. The molecule has 0 spiro atoms. The number of carbonyl (C=O) groups is 2. The van der Waals surface area contributed by atoms with Gasteiger partial charge in [-0.05, 0) is 10.4 Å². The molecule has 0 bridgehead atoms. The Morgan fingerprint density at radius 3 is 2.87 bits per heavy atom. The van der Waals surface area contributed by atoms with Crippen LogP contribution < -0.4 is 5.90 Å². The number of thiocarbonyl (C=S) groups is 1. The summed E-state index contributed by atoms with van der Waals surface area (Å²) in [6.45, 7) is 0. The Bertz CT molecular complexity index is 734. The average Bonchev–Trinajstić information content (AvgIpc) is 3.00. The normalized spacial score (nSPS) is 26.7. The van der Waals surface area contributed by atoms with Crippen LogP contribution in [0.5, 0.6) is 0 Å². The highest BCUT2D eigenvalue weighted by Gasteiger charge is 2.65. The molecule has 3 heterocycles. The number of hydrogen-bond acceptors (Lipinski definition) is 10. The predicted molar refractivity (Wildman–Crippen MR) is 82.5 cm³/mol. The first kappa shape index (κ1) is 16.0. The molecule has 2 N–H and O–H groups in total. The molecule has 2 aliphatic heterocycles. The zero-order chi connectivity index (χ0) is 16.8. The van der Waals surface area contributed by atoms with Gasteiger partial charge in [0.1, 0.15) is 11.1 Å². The summed E-state index contributed by atoms with van der Waals surface area (Å²) in [5, 5.41) is 11.9. The molecular formula is C11H12N6O4S2. The highest BCUT2D eigenvalue weighted by molar-refractivity contribution is 8.00. The van der Waals surface area contributed by atoms with Gasteiger partial charge in [0.25, 0.3) is 5.91 Å². The largest absolute Gasteiger partial charge is 0.374 e. The Morgan fingerprint density at radius 1 is 1.61 bits per heavy atom. The van der Waals surface area contributed by atoms with Gasteiger partial charge in [0, 0.05) is 30.9 Å². The Morgan fingerprint density at radius 2 is 2.35 bits per heavy atom. The van der Waals surface area contributed by atoms with E-state index in [-0.39, 0.29) is 5.70 Å². The van der Waals surface area contributed by atoms with Gasteiger partial charge in [-0.3, -0.25) is 9.69 Å². The van der Waals surface area contributed by atoms with Crippen molar-refractivity contribution in [1.29, 1.82) is 0 Å². The van der Waals surface area contributed by atoms with E-state index in [1.54, 1.807) is 7.05 Å². The molecule has 0 aromatic carbocycles. The van der Waals surface area contributed by atoms with E-state index in [9.17, 15) is 9.59 Å². The van der Waals surface area contributed by atoms with E-state index in [0.717, 1.165) is 0 Å². The van der Waals surface area contributed by atoms with Crippen molar-refractivity contribution in [1.82, 2.24) is 25.1 Å². The van der Waals surface area contributed by atoms with Crippen molar-refractivity contribution in [3.63, 3.8) is 0 Å². The maximum atomic E-state index is 12.6. The molecule has 3 rings (SSSR count). The minimum absolute atomic E-state index is 0.00340. The summed E-state index contributed by atoms with van der Waals surface area (Å²) in [5.41, 5.74) is -0.788. The van der Waals surface area contributed by atoms with Gasteiger partial charge in [0.2, 0.25) is 5.60 Å². The number of nitrogens with zero attached hydrogens (tertiary/aromatic N) is 5. The van der Waals surface area contributed by atoms with E-state index in [1.165, 1.54) is 33.8 Å². The van der Waals surface area contributed by atoms with Gasteiger partial charge < -0.3 is 9.57 Å². The molecule has 23 heavy (non-hydrogen) atoms. The number of carbonyl (C=O) groups excluding carboxylic acids is 2. The quantitative estimate of drug-likeness (QED) is 0.392. The van der Waals surface area contributed by atoms with Crippen molar-refractivity contribution in [2.75, 3.05) is 12.9 Å². The topological polar surface area (TPSA) is 125 Å². The van der Waals surface area contributed by atoms with Crippen molar-refractivity contribution >= 4 is 46.8 Å². The van der Waals surface area contributed by atoms with Crippen LogP contribution in [0.3, 0.4) is 0 Å². The highest BCUT2D eigenvalue weighted by Crippen LogP contribution is 2.48. The molecule has 1 saturated heterocycles. The molecule has 10 nitrogen and oxygen atoms in total. The molecule has 0 radical (unpaired) electrons. The molecule has 0 unspecified atom stereocenters. The van der Waals surface area contributed by atoms with Crippen molar-refractivity contribution < 1.29 is 19.2 Å². The molecule has 1 fully saturated rings. The Kier molecular flexibility index (Phi) is 3.91. The standard InChI is InChI=1S/C11H12N6O4S2/c1-16-7(13-14-15-16)5-3-23-10-11(4-22,20-2)9(19)17(10)6(5)8(18)21-12/h4,10H,3,12H2,1-2H3/t10-,11-/m0/s1. The lowest BCUT2D eigenvalue weighted by Crippen LogP contribution is -2.75. The minimum Gasteiger partial charge on any atom is -0.369 e. The first-order chi connectivity index (χ1) is 11.0. The molecule has 12 heteroatoms. The SMILES string of the molecule is CO[C@@]1(C=S)C(=O)N2C(C(=O)ON)=C(c3nnnn3C)CS[C@H]21. The number of aromatic nitrogens is 4. The zero-order valence-corrected chi connectivity index (χ0v) is 13.8. The van der Waals surface area contributed by atoms with Crippen LogP contribution in [0.1, 0.15) is 5.82 Å². The number of amides is 1. The number of β-lactam (4-membered cyclic amide) rings is 1. The maximum Gasteiger partial charge on any atom is 0.374 e. The summed E-state index contributed by atoms with van der Waals surface area (Å²) < 4.78 is 6.69. The summed E-state index contributed by atoms with van der Waals surface area (Å²) in [6.07, 6.45) is 0. The maximum absolute atomic E-state index is 12.6. The molecule has 2 aliphatic rings. The van der Waals surface area contributed by atoms with Gasteiger partial charge in [-0.1, -0.05) is 12.2 Å². The third-order valence-corrected chi connectivity index (χ3v) is 5.45. The number of ether oxygens (including phenoxy) is 1. The fraction of sp³-hybridized carbons (Fsp3) is 0.455. The van der Waals surface area contributed by atoms with Gasteiger partial charge in [0.15, 0.2) is 5.82 Å². The van der Waals surface area contributed by atoms with Crippen molar-refractivity contribution in [2.45, 2.75) is 11.0 Å². The Balaban J connectivity index is 2.13. The van der Waals surface area contributed by atoms with E-state index in [2.05, 4.69) is 20.4 Å². The summed E-state index contributed by atoms with van der Waals surface area (Å²) >= 11 is 6.33. The molecule has 1 aromatic rings. The van der Waals surface area contributed by atoms with Crippen LogP contribution in [0, 0.1) is 0 Å². The zero-order valence-electron chi connectivity index (χ0n) is 12.1. The lowest BCUT2D eigenvalue weighted by molar-refractivity contribution is -0.170. The third kappa shape index (κ3) is 2.02. The molecule has 1 amide bonds. The van der Waals surface area contributed by atoms with Crippen LogP contribution in [-0.2, 0) is 26.2 Å². The smallest absolute Gasteiger partial charge is 0.369 e. The lowest BCUT2D eigenvalue weighted by atomic mass is 9.91. The first-order valence-electron chi connectivity index (χ1n) is 6.35. The Labute approximate surface area is 139 Å². The van der Waals surface area contributed by atoms with Crippen LogP contribution in [0.2, 0.25) is 0 Å². The number of thioether (sulfide) groups is 1. The Hall–Kier alpha value is -1.89. The summed E-state index contributed by atoms with van der Waals surface area (Å²) in [5.74, 6) is 4.42. The first-order valence-corrected chi connectivity index (χ1v) is 7.87. The molecule has 122 valence electrons. The van der Waals surface area contributed by atoms with Gasteiger partial charge >= 0.3 is 5.97 Å². The molecule has 0 aliphatic carbocycles. The van der Waals surface area contributed by atoms with Gasteiger partial charge in [-0.2, -0.15) is 5.90 Å². The number of methoxy groups -OCH3 is 1. The summed E-state index contributed by atoms with van der Waals surface area (Å²) in [4.78, 5) is 30.3. The third-order valence-electron chi connectivity index (χ3n) is 3.77. The lowest BCUT2D eigenvalue weighted by Gasteiger charge is -2.54. The number of rotatable bonds is 4. The number of fused-ring (bicyclic) bond motifs is 1. The van der Waals surface area contributed by atoms with Gasteiger partial charge in [-0.15, -0.1) is 16.9 Å². The van der Waals surface area contributed by atoms with E-state index in [4.69, 9.17) is 22.9 Å². The number of tetrazole rings is 1. The second-order valence-electron chi connectivity index (χ2n) is 4.81. The number of aryl methyl sites for hydroxylation is 1. The average molecular weight is 356 g/mol. The second-order valence-corrected chi connectivity index (χ2v) is 6.12. The van der Waals surface area contributed by atoms with Crippen molar-refractivity contribution in [3.8, 4) is 0 Å². The second kappa shape index (κ2) is 5.63. The predicted octanol–water partition coefficient (Wildman–Crippen LogP) is -1.36. The molecule has 0 saturated carbocycles. The van der Waals surface area contributed by atoms with E-state index >= 15 is 0 Å². The van der Waals surface area contributed by atoms with E-state index in [0.29, 0.717) is 17.2 Å². The van der Waals surface area contributed by atoms with Crippen LogP contribution >= 0.6 is 24.0 Å². The molecule has 1 aromatic heterocycles. The summed E-state index contributed by atoms with van der Waals surface area (Å²) in [6, 6.07) is 0. The van der Waals surface area contributed by atoms with Crippen LogP contribution in [0.4, 0.5) is 0 Å². The monoisotopic (exact) mass is 356 g/mol. The molecular weight excluding hydrogens is 344 g/mol. The fourth-order valence-electron chi connectivity index (χ4n) is 2.60. The van der Waals surface area contributed by atoms with Gasteiger partial charge in [0.05, 0.1) is 0 Å². The van der Waals surface area contributed by atoms with Gasteiger partial charge in [-0.25, -0.2) is 9.48 Å².